The molecule has 0 bridgehead atoms. The first kappa shape index (κ1) is 21.6. The molecule has 0 aliphatic carbocycles. The van der Waals surface area contributed by atoms with Crippen LogP contribution in [0, 0.1) is 0 Å². The number of pyridine rings is 1. The molecule has 2 aromatic rings. The van der Waals surface area contributed by atoms with E-state index in [1.807, 2.05) is 12.1 Å². The Labute approximate surface area is 173 Å². The fraction of sp³-hybridized carbons (Fsp3) is 0.450. The number of esters is 1. The fourth-order valence-electron chi connectivity index (χ4n) is 2.91. The summed E-state index contributed by atoms with van der Waals surface area (Å²) >= 11 is 0. The molecule has 10 nitrogen and oxygen atoms in total. The Morgan fingerprint density at radius 3 is 2.67 bits per heavy atom. The van der Waals surface area contributed by atoms with Crippen molar-refractivity contribution < 1.29 is 29.0 Å². The molecular formula is C20H26N4O6. The second-order valence-electron chi connectivity index (χ2n) is 8.05. The molecule has 0 spiro atoms. The molecule has 1 aromatic carbocycles. The molecule has 0 saturated carbocycles. The van der Waals surface area contributed by atoms with E-state index in [2.05, 4.69) is 10.3 Å². The molecule has 1 atom stereocenters. The predicted molar refractivity (Wildman–Crippen MR) is 109 cm³/mol. The van der Waals surface area contributed by atoms with E-state index in [4.69, 9.17) is 25.3 Å². The Kier molecular flexibility index (Phi) is 6.28. The Balaban J connectivity index is 1.59. The molecule has 1 fully saturated rings. The van der Waals surface area contributed by atoms with Crippen LogP contribution in [0.3, 0.4) is 0 Å². The van der Waals surface area contributed by atoms with E-state index in [1.54, 1.807) is 39.0 Å². The van der Waals surface area contributed by atoms with Gasteiger partial charge in [-0.25, -0.2) is 20.5 Å². The van der Waals surface area contributed by atoms with Gasteiger partial charge in [-0.05, 0) is 51.1 Å². The Bertz CT molecular complexity index is 923. The lowest BCUT2D eigenvalue weighted by atomic mass is 10.1. The fourth-order valence-corrected chi connectivity index (χ4v) is 2.91. The maximum Gasteiger partial charge on any atom is 0.407 e. The van der Waals surface area contributed by atoms with E-state index in [0.717, 1.165) is 10.9 Å². The quantitative estimate of drug-likeness (QED) is 0.455. The molecule has 4 N–H and O–H groups in total. The lowest BCUT2D eigenvalue weighted by molar-refractivity contribution is -0.170. The number of benzene rings is 1. The van der Waals surface area contributed by atoms with Crippen molar-refractivity contribution in [1.82, 2.24) is 9.88 Å². The number of aromatic nitrogens is 1. The van der Waals surface area contributed by atoms with Gasteiger partial charge in [0.05, 0.1) is 11.6 Å². The molecule has 10 heteroatoms. The van der Waals surface area contributed by atoms with Crippen LogP contribution < -0.4 is 16.0 Å². The Hall–Kier alpha value is -3.11. The SMILES string of the molecule is CC(C)(C)OC(=O)[C@H](COc1ccc2nc(NC3CN(C(=O)O)C3)ccc2c1)ON. The summed E-state index contributed by atoms with van der Waals surface area (Å²) in [5, 5.41) is 13.0. The second kappa shape index (κ2) is 8.72. The van der Waals surface area contributed by atoms with E-state index in [0.29, 0.717) is 24.7 Å². The third kappa shape index (κ3) is 5.49. The van der Waals surface area contributed by atoms with Crippen LogP contribution in [0.4, 0.5) is 10.6 Å². The van der Waals surface area contributed by atoms with Crippen molar-refractivity contribution in [2.75, 3.05) is 25.0 Å². The number of likely N-dealkylation sites (tertiary alicyclic amines) is 1. The third-order valence-corrected chi connectivity index (χ3v) is 4.40. The summed E-state index contributed by atoms with van der Waals surface area (Å²) in [5.41, 5.74) is 0.0973. The van der Waals surface area contributed by atoms with E-state index in [9.17, 15) is 9.59 Å². The lowest BCUT2D eigenvalue weighted by Gasteiger charge is -2.37. The van der Waals surface area contributed by atoms with Crippen LogP contribution in [-0.2, 0) is 14.4 Å². The lowest BCUT2D eigenvalue weighted by Crippen LogP contribution is -2.56. The van der Waals surface area contributed by atoms with Crippen molar-refractivity contribution in [2.45, 2.75) is 38.5 Å². The van der Waals surface area contributed by atoms with Crippen LogP contribution in [0.2, 0.25) is 0 Å². The molecular weight excluding hydrogens is 392 g/mol. The van der Waals surface area contributed by atoms with Crippen LogP contribution in [0.25, 0.3) is 10.9 Å². The molecule has 1 aromatic heterocycles. The number of carbonyl (C=O) groups excluding carboxylic acids is 1. The van der Waals surface area contributed by atoms with Gasteiger partial charge in [0.25, 0.3) is 0 Å². The van der Waals surface area contributed by atoms with Gasteiger partial charge in [-0.1, -0.05) is 0 Å². The number of amides is 1. The number of nitrogens with two attached hydrogens (primary N) is 1. The van der Waals surface area contributed by atoms with Crippen molar-refractivity contribution in [3.63, 3.8) is 0 Å². The molecule has 30 heavy (non-hydrogen) atoms. The van der Waals surface area contributed by atoms with Crippen molar-refractivity contribution in [2.24, 2.45) is 5.90 Å². The first-order chi connectivity index (χ1) is 14.1. The number of hydrogen-bond donors (Lipinski definition) is 3. The van der Waals surface area contributed by atoms with E-state index in [1.165, 1.54) is 4.90 Å². The van der Waals surface area contributed by atoms with Crippen molar-refractivity contribution >= 4 is 28.8 Å². The van der Waals surface area contributed by atoms with Gasteiger partial charge in [-0.3, -0.25) is 4.84 Å². The van der Waals surface area contributed by atoms with Gasteiger partial charge in [0.1, 0.15) is 23.8 Å². The number of nitrogens with zero attached hydrogens (tertiary/aromatic N) is 2. The largest absolute Gasteiger partial charge is 0.490 e. The number of nitrogens with one attached hydrogen (secondary N) is 1. The summed E-state index contributed by atoms with van der Waals surface area (Å²) < 4.78 is 10.9. The molecule has 162 valence electrons. The van der Waals surface area contributed by atoms with Crippen molar-refractivity contribution in [3.05, 3.63) is 30.3 Å². The van der Waals surface area contributed by atoms with Gasteiger partial charge in [0, 0.05) is 18.5 Å². The van der Waals surface area contributed by atoms with Gasteiger partial charge >= 0.3 is 12.1 Å². The number of carbonyl (C=O) groups is 2. The van der Waals surface area contributed by atoms with E-state index >= 15 is 0 Å². The van der Waals surface area contributed by atoms with Crippen molar-refractivity contribution in [1.29, 1.82) is 0 Å². The summed E-state index contributed by atoms with van der Waals surface area (Å²) in [6.07, 6.45) is -1.96. The van der Waals surface area contributed by atoms with Gasteiger partial charge in [0.15, 0.2) is 0 Å². The number of anilines is 1. The molecule has 0 radical (unpaired) electrons. The predicted octanol–water partition coefficient (Wildman–Crippen LogP) is 1.99. The molecule has 1 aliphatic rings. The summed E-state index contributed by atoms with van der Waals surface area (Å²) in [6.45, 7) is 6.04. The van der Waals surface area contributed by atoms with Crippen LogP contribution in [0.15, 0.2) is 30.3 Å². The van der Waals surface area contributed by atoms with Crippen LogP contribution >= 0.6 is 0 Å². The average Bonchev–Trinajstić information content (AvgIpc) is 2.63. The highest BCUT2D eigenvalue weighted by Crippen LogP contribution is 2.23. The number of ether oxygens (including phenoxy) is 2. The molecule has 1 aliphatic heterocycles. The third-order valence-electron chi connectivity index (χ3n) is 4.40. The molecule has 2 heterocycles. The first-order valence-electron chi connectivity index (χ1n) is 9.51. The number of fused-ring (bicyclic) bond motifs is 1. The van der Waals surface area contributed by atoms with Crippen LogP contribution in [0.1, 0.15) is 20.8 Å². The van der Waals surface area contributed by atoms with Crippen LogP contribution in [0.5, 0.6) is 5.75 Å². The minimum Gasteiger partial charge on any atom is -0.490 e. The number of rotatable bonds is 7. The zero-order valence-electron chi connectivity index (χ0n) is 17.1. The minimum absolute atomic E-state index is 0.0507. The highest BCUT2D eigenvalue weighted by molar-refractivity contribution is 5.82. The van der Waals surface area contributed by atoms with Gasteiger partial charge < -0.3 is 24.8 Å². The molecule has 3 rings (SSSR count). The van der Waals surface area contributed by atoms with Gasteiger partial charge in [-0.2, -0.15) is 0 Å². The normalized spacial score (nSPS) is 15.4. The summed E-state index contributed by atoms with van der Waals surface area (Å²) in [4.78, 5) is 33.5. The number of hydrogen-bond acceptors (Lipinski definition) is 8. The molecule has 1 amide bonds. The van der Waals surface area contributed by atoms with E-state index < -0.39 is 23.8 Å². The zero-order chi connectivity index (χ0) is 21.9. The van der Waals surface area contributed by atoms with Crippen LogP contribution in [-0.4, -0.2) is 64.5 Å². The average molecular weight is 418 g/mol. The number of carboxylic acid groups (broad SMARTS) is 1. The molecule has 1 saturated heterocycles. The summed E-state index contributed by atoms with van der Waals surface area (Å²) in [6, 6.07) is 9.08. The minimum atomic E-state index is -1.04. The topological polar surface area (TPSA) is 136 Å². The van der Waals surface area contributed by atoms with Gasteiger partial charge in [0.2, 0.25) is 6.10 Å². The Morgan fingerprint density at radius 2 is 2.03 bits per heavy atom. The monoisotopic (exact) mass is 418 g/mol. The Morgan fingerprint density at radius 1 is 1.30 bits per heavy atom. The highest BCUT2D eigenvalue weighted by atomic mass is 16.7. The van der Waals surface area contributed by atoms with Gasteiger partial charge in [-0.15, -0.1) is 0 Å². The summed E-state index contributed by atoms with van der Waals surface area (Å²) in [5.74, 6) is 5.82. The standard InChI is InChI=1S/C20H26N4O6/c1-20(2,3)29-18(25)16(30-21)11-28-14-5-6-15-12(8-14)4-7-17(23-15)22-13-9-24(10-13)19(26)27/h4-8,13,16H,9-11,21H2,1-3H3,(H,22,23)(H,26,27)/t16-/m0/s1. The second-order valence-corrected chi connectivity index (χ2v) is 8.05. The first-order valence-corrected chi connectivity index (χ1v) is 9.51. The maximum atomic E-state index is 12.1. The van der Waals surface area contributed by atoms with E-state index in [-0.39, 0.29) is 12.6 Å². The summed E-state index contributed by atoms with van der Waals surface area (Å²) in [7, 11) is 0. The maximum absolute atomic E-state index is 12.1. The van der Waals surface area contributed by atoms with Crippen molar-refractivity contribution in [3.8, 4) is 5.75 Å². The highest BCUT2D eigenvalue weighted by Gasteiger charge is 2.30. The molecule has 0 unspecified atom stereocenters. The zero-order valence-corrected chi connectivity index (χ0v) is 17.1. The smallest absolute Gasteiger partial charge is 0.407 e.